The van der Waals surface area contributed by atoms with Gasteiger partial charge in [-0.3, -0.25) is 14.5 Å². The largest absolute Gasteiger partial charge is 0.321 e. The van der Waals surface area contributed by atoms with Gasteiger partial charge in [0.2, 0.25) is 0 Å². The van der Waals surface area contributed by atoms with E-state index >= 15 is 0 Å². The van der Waals surface area contributed by atoms with Crippen molar-refractivity contribution in [1.29, 1.82) is 0 Å². The lowest BCUT2D eigenvalue weighted by atomic mass is 10.2. The Labute approximate surface area is 122 Å². The number of hydrogen-bond donors (Lipinski definition) is 1. The van der Waals surface area contributed by atoms with Crippen molar-refractivity contribution in [1.82, 2.24) is 14.8 Å². The predicted octanol–water partition coefficient (Wildman–Crippen LogP) is 3.26. The van der Waals surface area contributed by atoms with Crippen molar-refractivity contribution in [2.45, 2.75) is 19.9 Å². The third-order valence-corrected chi connectivity index (χ3v) is 3.24. The SMILES string of the molecule is CC(C)n1ncc2ccc(NC(=O)c3ccccn3)cc21. The third kappa shape index (κ3) is 2.63. The van der Waals surface area contributed by atoms with Crippen molar-refractivity contribution in [2.75, 3.05) is 5.32 Å². The van der Waals surface area contributed by atoms with Crippen molar-refractivity contribution in [2.24, 2.45) is 0 Å². The van der Waals surface area contributed by atoms with Crippen LogP contribution in [0.5, 0.6) is 0 Å². The first kappa shape index (κ1) is 13.3. The monoisotopic (exact) mass is 280 g/mol. The molecule has 0 saturated heterocycles. The Bertz CT molecular complexity index is 777. The van der Waals surface area contributed by atoms with E-state index in [2.05, 4.69) is 29.2 Å². The van der Waals surface area contributed by atoms with Gasteiger partial charge in [-0.2, -0.15) is 5.10 Å². The van der Waals surface area contributed by atoms with Crippen LogP contribution < -0.4 is 5.32 Å². The van der Waals surface area contributed by atoms with Crippen molar-refractivity contribution >= 4 is 22.5 Å². The maximum Gasteiger partial charge on any atom is 0.274 e. The average Bonchev–Trinajstić information content (AvgIpc) is 2.91. The molecule has 0 radical (unpaired) electrons. The summed E-state index contributed by atoms with van der Waals surface area (Å²) in [6.07, 6.45) is 3.44. The Kier molecular flexibility index (Phi) is 3.39. The van der Waals surface area contributed by atoms with E-state index in [9.17, 15) is 4.79 Å². The second-order valence-electron chi connectivity index (χ2n) is 5.13. The lowest BCUT2D eigenvalue weighted by Crippen LogP contribution is -2.13. The summed E-state index contributed by atoms with van der Waals surface area (Å²) < 4.78 is 1.94. The van der Waals surface area contributed by atoms with Gasteiger partial charge < -0.3 is 5.32 Å². The molecule has 2 aromatic heterocycles. The van der Waals surface area contributed by atoms with Crippen LogP contribution in [-0.4, -0.2) is 20.7 Å². The minimum absolute atomic E-state index is 0.217. The Morgan fingerprint density at radius 3 is 2.81 bits per heavy atom. The van der Waals surface area contributed by atoms with E-state index in [1.807, 2.05) is 29.1 Å². The van der Waals surface area contributed by atoms with Crippen LogP contribution >= 0.6 is 0 Å². The summed E-state index contributed by atoms with van der Waals surface area (Å²) >= 11 is 0. The van der Waals surface area contributed by atoms with Gasteiger partial charge in [0.25, 0.3) is 5.91 Å². The fourth-order valence-corrected chi connectivity index (χ4v) is 2.22. The van der Waals surface area contributed by atoms with Gasteiger partial charge in [0, 0.05) is 23.3 Å². The Balaban J connectivity index is 1.91. The van der Waals surface area contributed by atoms with E-state index in [0.29, 0.717) is 5.69 Å². The van der Waals surface area contributed by atoms with Crippen LogP contribution in [0.3, 0.4) is 0 Å². The van der Waals surface area contributed by atoms with Gasteiger partial charge in [0.05, 0.1) is 11.7 Å². The molecule has 3 rings (SSSR count). The minimum Gasteiger partial charge on any atom is -0.321 e. The first-order chi connectivity index (χ1) is 10.1. The number of amides is 1. The molecule has 21 heavy (non-hydrogen) atoms. The quantitative estimate of drug-likeness (QED) is 0.801. The number of hydrogen-bond acceptors (Lipinski definition) is 3. The summed E-state index contributed by atoms with van der Waals surface area (Å²) in [7, 11) is 0. The molecule has 0 aliphatic heterocycles. The molecule has 1 amide bonds. The Morgan fingerprint density at radius 1 is 1.24 bits per heavy atom. The normalized spacial score (nSPS) is 11.0. The van der Waals surface area contributed by atoms with Crippen molar-refractivity contribution in [3.8, 4) is 0 Å². The van der Waals surface area contributed by atoms with Gasteiger partial charge in [-0.15, -0.1) is 0 Å². The highest BCUT2D eigenvalue weighted by Gasteiger charge is 2.10. The molecule has 0 aliphatic carbocycles. The number of pyridine rings is 1. The fourth-order valence-electron chi connectivity index (χ4n) is 2.22. The fraction of sp³-hybridized carbons (Fsp3) is 0.188. The standard InChI is InChI=1S/C16H16N4O/c1-11(2)20-15-9-13(7-6-12(15)10-18-20)19-16(21)14-5-3-4-8-17-14/h3-11H,1-2H3,(H,19,21). The summed E-state index contributed by atoms with van der Waals surface area (Å²) in [5, 5.41) is 8.28. The van der Waals surface area contributed by atoms with Crippen molar-refractivity contribution in [3.05, 3.63) is 54.5 Å². The van der Waals surface area contributed by atoms with Crippen LogP contribution in [0.2, 0.25) is 0 Å². The molecule has 106 valence electrons. The summed E-state index contributed by atoms with van der Waals surface area (Å²) in [6.45, 7) is 4.15. The molecule has 0 saturated carbocycles. The smallest absolute Gasteiger partial charge is 0.274 e. The second-order valence-corrected chi connectivity index (χ2v) is 5.13. The molecule has 0 atom stereocenters. The molecule has 0 unspecified atom stereocenters. The van der Waals surface area contributed by atoms with Gasteiger partial charge in [-0.05, 0) is 44.2 Å². The van der Waals surface area contributed by atoms with Crippen LogP contribution in [0, 0.1) is 0 Å². The molecule has 5 heteroatoms. The highest BCUT2D eigenvalue weighted by atomic mass is 16.1. The number of benzene rings is 1. The van der Waals surface area contributed by atoms with Crippen molar-refractivity contribution in [3.63, 3.8) is 0 Å². The molecular formula is C16H16N4O. The number of rotatable bonds is 3. The number of carbonyl (C=O) groups is 1. The summed E-state index contributed by atoms with van der Waals surface area (Å²) in [4.78, 5) is 16.2. The maximum atomic E-state index is 12.1. The van der Waals surface area contributed by atoms with E-state index in [1.54, 1.807) is 24.4 Å². The topological polar surface area (TPSA) is 59.8 Å². The molecule has 0 aliphatic rings. The van der Waals surface area contributed by atoms with E-state index in [1.165, 1.54) is 0 Å². The summed E-state index contributed by atoms with van der Waals surface area (Å²) in [5.74, 6) is -0.217. The van der Waals surface area contributed by atoms with Gasteiger partial charge in [0.15, 0.2) is 0 Å². The van der Waals surface area contributed by atoms with Crippen molar-refractivity contribution < 1.29 is 4.79 Å². The predicted molar refractivity (Wildman–Crippen MR) is 82.3 cm³/mol. The molecule has 0 spiro atoms. The first-order valence-corrected chi connectivity index (χ1v) is 6.85. The highest BCUT2D eigenvalue weighted by molar-refractivity contribution is 6.03. The van der Waals surface area contributed by atoms with Gasteiger partial charge in [-0.25, -0.2) is 0 Å². The number of aromatic nitrogens is 3. The molecule has 0 bridgehead atoms. The number of fused-ring (bicyclic) bond motifs is 1. The second kappa shape index (κ2) is 5.36. The van der Waals surface area contributed by atoms with Crippen LogP contribution in [0.1, 0.15) is 30.4 Å². The molecular weight excluding hydrogens is 264 g/mol. The molecule has 0 fully saturated rings. The minimum atomic E-state index is -0.217. The third-order valence-electron chi connectivity index (χ3n) is 3.24. The molecule has 2 heterocycles. The zero-order chi connectivity index (χ0) is 14.8. The molecule has 1 aromatic carbocycles. The number of nitrogens with zero attached hydrogens (tertiary/aromatic N) is 3. The van der Waals surface area contributed by atoms with Crippen LogP contribution in [0.25, 0.3) is 10.9 Å². The average molecular weight is 280 g/mol. The lowest BCUT2D eigenvalue weighted by molar-refractivity contribution is 0.102. The van der Waals surface area contributed by atoms with Gasteiger partial charge in [0.1, 0.15) is 5.69 Å². The van der Waals surface area contributed by atoms with E-state index < -0.39 is 0 Å². The number of nitrogens with one attached hydrogen (secondary N) is 1. The number of carbonyl (C=O) groups excluding carboxylic acids is 1. The Morgan fingerprint density at radius 2 is 2.10 bits per heavy atom. The highest BCUT2D eigenvalue weighted by Crippen LogP contribution is 2.22. The first-order valence-electron chi connectivity index (χ1n) is 6.85. The van der Waals surface area contributed by atoms with E-state index in [4.69, 9.17) is 0 Å². The van der Waals surface area contributed by atoms with E-state index in [-0.39, 0.29) is 11.9 Å². The summed E-state index contributed by atoms with van der Waals surface area (Å²) in [5.41, 5.74) is 2.14. The maximum absolute atomic E-state index is 12.1. The molecule has 3 aromatic rings. The zero-order valence-corrected chi connectivity index (χ0v) is 11.9. The van der Waals surface area contributed by atoms with Crippen LogP contribution in [0.4, 0.5) is 5.69 Å². The number of anilines is 1. The van der Waals surface area contributed by atoms with Crippen LogP contribution in [0.15, 0.2) is 48.8 Å². The van der Waals surface area contributed by atoms with Crippen LogP contribution in [-0.2, 0) is 0 Å². The summed E-state index contributed by atoms with van der Waals surface area (Å²) in [6, 6.07) is 11.3. The van der Waals surface area contributed by atoms with Gasteiger partial charge in [-0.1, -0.05) is 6.07 Å². The zero-order valence-electron chi connectivity index (χ0n) is 11.9. The molecule has 5 nitrogen and oxygen atoms in total. The van der Waals surface area contributed by atoms with E-state index in [0.717, 1.165) is 16.6 Å². The lowest BCUT2D eigenvalue weighted by Gasteiger charge is -2.09. The van der Waals surface area contributed by atoms with Gasteiger partial charge >= 0.3 is 0 Å². The molecule has 1 N–H and O–H groups in total. The Hall–Kier alpha value is -2.69.